The molecule has 2 rings (SSSR count). The second kappa shape index (κ2) is 6.83. The summed E-state index contributed by atoms with van der Waals surface area (Å²) in [5.74, 6) is -0.199. The lowest BCUT2D eigenvalue weighted by molar-refractivity contribution is -0.114. The standard InChI is InChI=1S/C17H20N2O3S/c1-4-14-7-5-6-8-17(14)19(3)23(21,22)16-11-9-15(10-12-16)18-13(2)20/h5-12H,4H2,1-3H3,(H,18,20). The Morgan fingerprint density at radius 1 is 1.09 bits per heavy atom. The zero-order valence-electron chi connectivity index (χ0n) is 13.4. The third-order valence-corrected chi connectivity index (χ3v) is 5.33. The normalized spacial score (nSPS) is 11.1. The molecule has 6 heteroatoms. The van der Waals surface area contributed by atoms with Gasteiger partial charge in [-0.25, -0.2) is 8.42 Å². The summed E-state index contributed by atoms with van der Waals surface area (Å²) >= 11 is 0. The van der Waals surface area contributed by atoms with E-state index in [-0.39, 0.29) is 10.8 Å². The summed E-state index contributed by atoms with van der Waals surface area (Å²) in [7, 11) is -2.10. The van der Waals surface area contributed by atoms with E-state index in [1.54, 1.807) is 25.2 Å². The minimum absolute atomic E-state index is 0.181. The lowest BCUT2D eigenvalue weighted by Gasteiger charge is -2.22. The Hall–Kier alpha value is -2.34. The van der Waals surface area contributed by atoms with Gasteiger partial charge in [0.05, 0.1) is 10.6 Å². The van der Waals surface area contributed by atoms with E-state index >= 15 is 0 Å². The quantitative estimate of drug-likeness (QED) is 0.915. The fourth-order valence-corrected chi connectivity index (χ4v) is 3.55. The van der Waals surface area contributed by atoms with Crippen LogP contribution in [0.5, 0.6) is 0 Å². The Bertz CT molecular complexity index is 799. The molecule has 2 aromatic rings. The van der Waals surface area contributed by atoms with Crippen molar-refractivity contribution in [2.45, 2.75) is 25.2 Å². The number of sulfonamides is 1. The highest BCUT2D eigenvalue weighted by Crippen LogP contribution is 2.26. The molecule has 122 valence electrons. The molecule has 1 amide bonds. The molecule has 0 aromatic heterocycles. The molecule has 0 aliphatic heterocycles. The van der Waals surface area contributed by atoms with E-state index in [9.17, 15) is 13.2 Å². The molecule has 23 heavy (non-hydrogen) atoms. The minimum atomic E-state index is -3.65. The second-order valence-electron chi connectivity index (χ2n) is 5.16. The van der Waals surface area contributed by atoms with Crippen molar-refractivity contribution >= 4 is 27.3 Å². The van der Waals surface area contributed by atoms with Gasteiger partial charge in [0, 0.05) is 19.7 Å². The van der Waals surface area contributed by atoms with Crippen molar-refractivity contribution in [2.75, 3.05) is 16.7 Å². The summed E-state index contributed by atoms with van der Waals surface area (Å²) in [6, 6.07) is 13.6. The number of nitrogens with zero attached hydrogens (tertiary/aromatic N) is 1. The number of nitrogens with one attached hydrogen (secondary N) is 1. The Labute approximate surface area is 137 Å². The molecule has 0 saturated heterocycles. The van der Waals surface area contributed by atoms with E-state index in [1.807, 2.05) is 25.1 Å². The largest absolute Gasteiger partial charge is 0.326 e. The van der Waals surface area contributed by atoms with Gasteiger partial charge >= 0.3 is 0 Å². The number of carbonyl (C=O) groups excluding carboxylic acids is 1. The van der Waals surface area contributed by atoms with Gasteiger partial charge in [0.15, 0.2) is 0 Å². The van der Waals surface area contributed by atoms with Gasteiger partial charge in [-0.3, -0.25) is 9.10 Å². The average molecular weight is 332 g/mol. The van der Waals surface area contributed by atoms with Gasteiger partial charge in [-0.1, -0.05) is 25.1 Å². The number of anilines is 2. The van der Waals surface area contributed by atoms with Gasteiger partial charge in [0.25, 0.3) is 10.0 Å². The van der Waals surface area contributed by atoms with E-state index in [4.69, 9.17) is 0 Å². The monoisotopic (exact) mass is 332 g/mol. The van der Waals surface area contributed by atoms with E-state index in [2.05, 4.69) is 5.32 Å². The topological polar surface area (TPSA) is 66.5 Å². The third kappa shape index (κ3) is 3.71. The summed E-state index contributed by atoms with van der Waals surface area (Å²) in [5, 5.41) is 2.62. The molecule has 0 aliphatic rings. The molecule has 5 nitrogen and oxygen atoms in total. The van der Waals surface area contributed by atoms with Crippen molar-refractivity contribution in [3.8, 4) is 0 Å². The molecule has 0 spiro atoms. The number of hydrogen-bond donors (Lipinski definition) is 1. The van der Waals surface area contributed by atoms with Crippen LogP contribution in [0.1, 0.15) is 19.4 Å². The van der Waals surface area contributed by atoms with Crippen molar-refractivity contribution in [1.82, 2.24) is 0 Å². The molecular formula is C17H20N2O3S. The average Bonchev–Trinajstić information content (AvgIpc) is 2.54. The highest BCUT2D eigenvalue weighted by molar-refractivity contribution is 7.92. The minimum Gasteiger partial charge on any atom is -0.326 e. The van der Waals surface area contributed by atoms with Crippen molar-refractivity contribution in [3.63, 3.8) is 0 Å². The fraction of sp³-hybridized carbons (Fsp3) is 0.235. The van der Waals surface area contributed by atoms with E-state index < -0.39 is 10.0 Å². The van der Waals surface area contributed by atoms with Crippen LogP contribution in [0.2, 0.25) is 0 Å². The number of rotatable bonds is 5. The Kier molecular flexibility index (Phi) is 5.05. The molecule has 0 radical (unpaired) electrons. The number of para-hydroxylation sites is 1. The summed E-state index contributed by atoms with van der Waals surface area (Å²) in [6.07, 6.45) is 0.748. The smallest absolute Gasteiger partial charge is 0.264 e. The van der Waals surface area contributed by atoms with Crippen LogP contribution < -0.4 is 9.62 Å². The van der Waals surface area contributed by atoms with Crippen molar-refractivity contribution in [1.29, 1.82) is 0 Å². The van der Waals surface area contributed by atoms with Crippen LogP contribution in [0, 0.1) is 0 Å². The number of aryl methyl sites for hydroxylation is 1. The van der Waals surface area contributed by atoms with Gasteiger partial charge in [0.2, 0.25) is 5.91 Å². The van der Waals surface area contributed by atoms with Crippen LogP contribution in [0.3, 0.4) is 0 Å². The van der Waals surface area contributed by atoms with E-state index in [0.29, 0.717) is 11.4 Å². The first-order valence-corrected chi connectivity index (χ1v) is 8.74. The first-order valence-electron chi connectivity index (χ1n) is 7.30. The highest BCUT2D eigenvalue weighted by atomic mass is 32.2. The maximum Gasteiger partial charge on any atom is 0.264 e. The first kappa shape index (κ1) is 17.0. The lowest BCUT2D eigenvalue weighted by Crippen LogP contribution is -2.27. The van der Waals surface area contributed by atoms with Crippen molar-refractivity contribution in [2.24, 2.45) is 0 Å². The molecule has 1 N–H and O–H groups in total. The lowest BCUT2D eigenvalue weighted by atomic mass is 10.1. The molecule has 0 heterocycles. The molecule has 2 aromatic carbocycles. The van der Waals surface area contributed by atoms with E-state index in [1.165, 1.54) is 23.4 Å². The molecule has 0 atom stereocenters. The van der Waals surface area contributed by atoms with Crippen LogP contribution in [0.15, 0.2) is 53.4 Å². The van der Waals surface area contributed by atoms with Crippen LogP contribution in [0.4, 0.5) is 11.4 Å². The van der Waals surface area contributed by atoms with Gasteiger partial charge in [-0.2, -0.15) is 0 Å². The SMILES string of the molecule is CCc1ccccc1N(C)S(=O)(=O)c1ccc(NC(C)=O)cc1. The van der Waals surface area contributed by atoms with Crippen molar-refractivity contribution in [3.05, 3.63) is 54.1 Å². The van der Waals surface area contributed by atoms with Crippen molar-refractivity contribution < 1.29 is 13.2 Å². The Morgan fingerprint density at radius 2 is 1.70 bits per heavy atom. The summed E-state index contributed by atoms with van der Waals surface area (Å²) < 4.78 is 26.8. The molecule has 0 aliphatic carbocycles. The number of amides is 1. The van der Waals surface area contributed by atoms with Gasteiger partial charge in [-0.05, 0) is 42.3 Å². The molecular weight excluding hydrogens is 312 g/mol. The predicted octanol–water partition coefficient (Wildman–Crippen LogP) is 3.03. The number of hydrogen-bond acceptors (Lipinski definition) is 3. The zero-order chi connectivity index (χ0) is 17.0. The Balaban J connectivity index is 2.35. The van der Waals surface area contributed by atoms with E-state index in [0.717, 1.165) is 12.0 Å². The second-order valence-corrected chi connectivity index (χ2v) is 7.13. The Morgan fingerprint density at radius 3 is 2.26 bits per heavy atom. The number of carbonyl (C=O) groups is 1. The maximum atomic E-state index is 12.8. The van der Waals surface area contributed by atoms with Gasteiger partial charge in [0.1, 0.15) is 0 Å². The van der Waals surface area contributed by atoms with Crippen LogP contribution in [0.25, 0.3) is 0 Å². The maximum absolute atomic E-state index is 12.8. The van der Waals surface area contributed by atoms with Crippen LogP contribution in [-0.4, -0.2) is 21.4 Å². The van der Waals surface area contributed by atoms with Crippen LogP contribution >= 0.6 is 0 Å². The van der Waals surface area contributed by atoms with Gasteiger partial charge in [-0.15, -0.1) is 0 Å². The van der Waals surface area contributed by atoms with Gasteiger partial charge < -0.3 is 5.32 Å². The molecule has 0 bridgehead atoms. The molecule has 0 unspecified atom stereocenters. The first-order chi connectivity index (χ1) is 10.9. The van der Waals surface area contributed by atoms with Crippen LogP contribution in [-0.2, 0) is 21.2 Å². The summed E-state index contributed by atoms with van der Waals surface area (Å²) in [4.78, 5) is 11.2. The fourth-order valence-electron chi connectivity index (χ4n) is 2.32. The summed E-state index contributed by atoms with van der Waals surface area (Å²) in [5.41, 5.74) is 2.20. The molecule has 0 fully saturated rings. The highest BCUT2D eigenvalue weighted by Gasteiger charge is 2.22. The third-order valence-electron chi connectivity index (χ3n) is 3.54. The predicted molar refractivity (Wildman–Crippen MR) is 92.2 cm³/mol. The molecule has 0 saturated carbocycles. The zero-order valence-corrected chi connectivity index (χ0v) is 14.2. The number of benzene rings is 2. The summed E-state index contributed by atoms with van der Waals surface area (Å²) in [6.45, 7) is 3.39.